The number of anilines is 1. The van der Waals surface area contributed by atoms with E-state index in [1.807, 2.05) is 30.3 Å². The Morgan fingerprint density at radius 3 is 2.61 bits per heavy atom. The quantitative estimate of drug-likeness (QED) is 0.711. The summed E-state index contributed by atoms with van der Waals surface area (Å²) in [6.45, 7) is 0.515. The number of halogens is 1. The van der Waals surface area contributed by atoms with Crippen molar-refractivity contribution in [1.82, 2.24) is 25.5 Å². The van der Waals surface area contributed by atoms with Gasteiger partial charge in [-0.3, -0.25) is 9.59 Å². The highest BCUT2D eigenvalue weighted by Gasteiger charge is 2.35. The van der Waals surface area contributed by atoms with Crippen molar-refractivity contribution in [2.45, 2.75) is 13.0 Å². The van der Waals surface area contributed by atoms with Gasteiger partial charge in [-0.1, -0.05) is 29.8 Å². The van der Waals surface area contributed by atoms with Crippen molar-refractivity contribution in [3.63, 3.8) is 0 Å². The van der Waals surface area contributed by atoms with Gasteiger partial charge < -0.3 is 10.2 Å². The number of hydrogen-bond acceptors (Lipinski definition) is 5. The molecule has 1 fully saturated rings. The molecule has 1 aliphatic heterocycles. The van der Waals surface area contributed by atoms with Crippen LogP contribution in [-0.4, -0.2) is 38.6 Å². The van der Waals surface area contributed by atoms with E-state index >= 15 is 0 Å². The normalized spacial score (nSPS) is 16.4. The number of nitrogens with zero attached hydrogens (tertiary/aromatic N) is 5. The minimum atomic E-state index is -0.410. The lowest BCUT2D eigenvalue weighted by Crippen LogP contribution is -2.33. The Hall–Kier alpha value is -3.26. The Balaban J connectivity index is 1.40. The van der Waals surface area contributed by atoms with Gasteiger partial charge in [0.25, 0.3) is 0 Å². The molecule has 0 aliphatic carbocycles. The molecule has 2 aromatic carbocycles. The van der Waals surface area contributed by atoms with Crippen molar-refractivity contribution in [3.8, 4) is 5.69 Å². The number of rotatable bonds is 5. The van der Waals surface area contributed by atoms with Gasteiger partial charge in [0.05, 0.1) is 18.2 Å². The van der Waals surface area contributed by atoms with Gasteiger partial charge in [-0.25, -0.2) is 0 Å². The molecule has 2 amide bonds. The summed E-state index contributed by atoms with van der Waals surface area (Å²) in [6.07, 6.45) is 0.183. The van der Waals surface area contributed by atoms with E-state index in [2.05, 4.69) is 20.8 Å². The maximum atomic E-state index is 12.6. The maximum absolute atomic E-state index is 12.6. The van der Waals surface area contributed by atoms with Crippen LogP contribution < -0.4 is 10.2 Å². The second-order valence-electron chi connectivity index (χ2n) is 6.44. The summed E-state index contributed by atoms with van der Waals surface area (Å²) in [5.41, 5.74) is 1.54. The highest BCUT2D eigenvalue weighted by molar-refractivity contribution is 6.30. The zero-order chi connectivity index (χ0) is 19.5. The molecule has 0 radical (unpaired) electrons. The van der Waals surface area contributed by atoms with Gasteiger partial charge in [-0.05, 0) is 46.8 Å². The lowest BCUT2D eigenvalue weighted by atomic mass is 10.1. The number of carbonyl (C=O) groups excluding carboxylic acids is 2. The maximum Gasteiger partial charge on any atom is 0.227 e. The molecular formula is C19H17ClN6O2. The highest BCUT2D eigenvalue weighted by atomic mass is 35.5. The molecule has 142 valence electrons. The van der Waals surface area contributed by atoms with Crippen molar-refractivity contribution in [1.29, 1.82) is 0 Å². The van der Waals surface area contributed by atoms with Crippen LogP contribution in [0.15, 0.2) is 54.6 Å². The number of hydrogen-bond donors (Lipinski definition) is 1. The Bertz CT molecular complexity index is 989. The molecule has 3 aromatic rings. The molecular weight excluding hydrogens is 380 g/mol. The van der Waals surface area contributed by atoms with Crippen molar-refractivity contribution in [3.05, 3.63) is 65.4 Å². The third kappa shape index (κ3) is 3.72. The van der Waals surface area contributed by atoms with Crippen molar-refractivity contribution in [2.75, 3.05) is 11.4 Å². The second kappa shape index (κ2) is 7.77. The van der Waals surface area contributed by atoms with Gasteiger partial charge in [0.2, 0.25) is 11.8 Å². The zero-order valence-corrected chi connectivity index (χ0v) is 15.6. The van der Waals surface area contributed by atoms with Gasteiger partial charge in [-0.15, -0.1) is 5.10 Å². The molecule has 1 aliphatic rings. The molecule has 2 heterocycles. The van der Waals surface area contributed by atoms with Crippen molar-refractivity contribution in [2.24, 2.45) is 5.92 Å². The number of tetrazole rings is 1. The summed E-state index contributed by atoms with van der Waals surface area (Å²) in [6, 6.07) is 16.4. The van der Waals surface area contributed by atoms with E-state index in [0.29, 0.717) is 17.4 Å². The summed E-state index contributed by atoms with van der Waals surface area (Å²) in [4.78, 5) is 26.5. The standard InChI is InChI=1S/C19H17ClN6O2/c20-14-6-8-16(9-7-14)26-17(22-23-24-26)11-21-19(28)13-10-18(27)25(12-13)15-4-2-1-3-5-15/h1-9,13H,10-12H2,(H,21,28). The fraction of sp³-hybridized carbons (Fsp3) is 0.211. The third-order valence-electron chi connectivity index (χ3n) is 4.59. The van der Waals surface area contributed by atoms with Gasteiger partial charge in [0.1, 0.15) is 0 Å². The number of carbonyl (C=O) groups is 2. The van der Waals surface area contributed by atoms with Gasteiger partial charge >= 0.3 is 0 Å². The van der Waals surface area contributed by atoms with E-state index in [-0.39, 0.29) is 24.8 Å². The summed E-state index contributed by atoms with van der Waals surface area (Å²) < 4.78 is 1.53. The number of nitrogens with one attached hydrogen (secondary N) is 1. The molecule has 1 saturated heterocycles. The lowest BCUT2D eigenvalue weighted by Gasteiger charge is -2.16. The van der Waals surface area contributed by atoms with Gasteiger partial charge in [-0.2, -0.15) is 4.68 Å². The Morgan fingerprint density at radius 2 is 1.86 bits per heavy atom. The number of benzene rings is 2. The largest absolute Gasteiger partial charge is 0.348 e. The fourth-order valence-electron chi connectivity index (χ4n) is 3.15. The first-order valence-electron chi connectivity index (χ1n) is 8.78. The average Bonchev–Trinajstić information content (AvgIpc) is 3.34. The van der Waals surface area contributed by atoms with Crippen LogP contribution in [0.2, 0.25) is 5.02 Å². The van der Waals surface area contributed by atoms with Gasteiger partial charge in [0.15, 0.2) is 5.82 Å². The van der Waals surface area contributed by atoms with Crippen LogP contribution >= 0.6 is 11.6 Å². The van der Waals surface area contributed by atoms with E-state index in [1.165, 1.54) is 4.68 Å². The number of amides is 2. The Labute approximate surface area is 166 Å². The molecule has 0 spiro atoms. The summed E-state index contributed by atoms with van der Waals surface area (Å²) in [5.74, 6) is -0.178. The first-order valence-corrected chi connectivity index (χ1v) is 9.16. The molecule has 1 aromatic heterocycles. The minimum Gasteiger partial charge on any atom is -0.348 e. The molecule has 28 heavy (non-hydrogen) atoms. The predicted octanol–water partition coefficient (Wildman–Crippen LogP) is 1.98. The highest BCUT2D eigenvalue weighted by Crippen LogP contribution is 2.25. The molecule has 1 atom stereocenters. The average molecular weight is 397 g/mol. The first kappa shape index (κ1) is 18.1. The zero-order valence-electron chi connectivity index (χ0n) is 14.8. The molecule has 0 bridgehead atoms. The van der Waals surface area contributed by atoms with Crippen LogP contribution in [0.3, 0.4) is 0 Å². The van der Waals surface area contributed by atoms with E-state index in [0.717, 1.165) is 11.4 Å². The van der Waals surface area contributed by atoms with Crippen molar-refractivity contribution < 1.29 is 9.59 Å². The van der Waals surface area contributed by atoms with Crippen LogP contribution in [0.5, 0.6) is 0 Å². The van der Waals surface area contributed by atoms with Crippen molar-refractivity contribution >= 4 is 29.1 Å². The van der Waals surface area contributed by atoms with E-state index in [9.17, 15) is 9.59 Å². The first-order chi connectivity index (χ1) is 13.6. The molecule has 9 heteroatoms. The minimum absolute atomic E-state index is 0.0580. The van der Waals surface area contributed by atoms with Gasteiger partial charge in [0, 0.05) is 23.7 Å². The smallest absolute Gasteiger partial charge is 0.227 e. The van der Waals surface area contributed by atoms with Crippen LogP contribution in [0, 0.1) is 5.92 Å². The van der Waals surface area contributed by atoms with E-state index < -0.39 is 5.92 Å². The predicted molar refractivity (Wildman–Crippen MR) is 103 cm³/mol. The van der Waals surface area contributed by atoms with Crippen LogP contribution in [0.1, 0.15) is 12.2 Å². The van der Waals surface area contributed by atoms with E-state index in [4.69, 9.17) is 11.6 Å². The number of aromatic nitrogens is 4. The molecule has 1 unspecified atom stereocenters. The van der Waals surface area contributed by atoms with E-state index in [1.54, 1.807) is 29.2 Å². The SMILES string of the molecule is O=C(NCc1nnnn1-c1ccc(Cl)cc1)C1CC(=O)N(c2ccccc2)C1. The second-order valence-corrected chi connectivity index (χ2v) is 6.88. The summed E-state index contributed by atoms with van der Waals surface area (Å²) in [5, 5.41) is 15.0. The fourth-order valence-corrected chi connectivity index (χ4v) is 3.28. The van der Waals surface area contributed by atoms with Crippen LogP contribution in [0.4, 0.5) is 5.69 Å². The van der Waals surface area contributed by atoms with Crippen LogP contribution in [0.25, 0.3) is 5.69 Å². The lowest BCUT2D eigenvalue weighted by molar-refractivity contribution is -0.126. The molecule has 1 N–H and O–H groups in total. The molecule has 0 saturated carbocycles. The molecule has 8 nitrogen and oxygen atoms in total. The monoisotopic (exact) mass is 396 g/mol. The summed E-state index contributed by atoms with van der Waals surface area (Å²) >= 11 is 5.91. The Morgan fingerprint density at radius 1 is 1.11 bits per heavy atom. The molecule has 4 rings (SSSR count). The van der Waals surface area contributed by atoms with Crippen LogP contribution in [-0.2, 0) is 16.1 Å². The summed E-state index contributed by atoms with van der Waals surface area (Å²) in [7, 11) is 0. The third-order valence-corrected chi connectivity index (χ3v) is 4.84. The topological polar surface area (TPSA) is 93.0 Å². The number of para-hydroxylation sites is 1. The Kier molecular flexibility index (Phi) is 5.03.